The Bertz CT molecular complexity index is 1050. The zero-order valence-corrected chi connectivity index (χ0v) is 16.2. The van der Waals surface area contributed by atoms with Gasteiger partial charge in [-0.15, -0.1) is 0 Å². The first-order chi connectivity index (χ1) is 13.5. The number of carbonyl (C=O) groups is 2. The van der Waals surface area contributed by atoms with Crippen LogP contribution in [0.25, 0.3) is 28.8 Å². The minimum atomic E-state index is -0.437. The fourth-order valence-corrected chi connectivity index (χ4v) is 3.48. The van der Waals surface area contributed by atoms with Crippen LogP contribution in [0.2, 0.25) is 0 Å². The van der Waals surface area contributed by atoms with E-state index in [9.17, 15) is 9.59 Å². The second kappa shape index (κ2) is 7.05. The monoisotopic (exact) mass is 395 g/mol. The molecule has 0 radical (unpaired) electrons. The summed E-state index contributed by atoms with van der Waals surface area (Å²) in [5, 5.41) is 0.222. The van der Waals surface area contributed by atoms with Crippen LogP contribution >= 0.6 is 12.2 Å². The highest BCUT2D eigenvalue weighted by molar-refractivity contribution is 7.80. The number of fused-ring (bicyclic) bond motifs is 1. The van der Waals surface area contributed by atoms with Gasteiger partial charge in [-0.25, -0.2) is 0 Å². The van der Waals surface area contributed by atoms with E-state index in [1.54, 1.807) is 19.9 Å². The van der Waals surface area contributed by atoms with Crippen molar-refractivity contribution in [2.45, 2.75) is 13.8 Å². The number of thiocarbonyl (C=S) groups is 1. The highest BCUT2D eigenvalue weighted by atomic mass is 32.1. The van der Waals surface area contributed by atoms with Crippen LogP contribution in [0, 0.1) is 0 Å². The highest BCUT2D eigenvalue weighted by Gasteiger charge is 2.38. The number of oxazole rings is 1. The Balaban J connectivity index is 1.70. The maximum absolute atomic E-state index is 12.7. The second-order valence-electron chi connectivity index (χ2n) is 6.14. The lowest BCUT2D eigenvalue weighted by Gasteiger charge is -2.35. The van der Waals surface area contributed by atoms with Gasteiger partial charge in [0.1, 0.15) is 11.3 Å². The minimum Gasteiger partial charge on any atom is -0.436 e. The Morgan fingerprint density at radius 2 is 1.68 bits per heavy atom. The fraction of sp³-hybridized carbons (Fsp3) is 0.200. The van der Waals surface area contributed by atoms with E-state index in [2.05, 4.69) is 4.98 Å². The maximum atomic E-state index is 12.7. The molecule has 1 saturated heterocycles. The normalized spacial score (nSPS) is 15.1. The van der Waals surface area contributed by atoms with Crippen LogP contribution in [-0.2, 0) is 9.59 Å². The van der Waals surface area contributed by atoms with E-state index in [0.717, 1.165) is 5.56 Å². The largest absolute Gasteiger partial charge is 0.436 e. The van der Waals surface area contributed by atoms with E-state index < -0.39 is 11.8 Å². The molecule has 0 spiro atoms. The molecule has 1 aliphatic rings. The Kier molecular flexibility index (Phi) is 4.56. The van der Waals surface area contributed by atoms with Gasteiger partial charge in [0.2, 0.25) is 5.89 Å². The summed E-state index contributed by atoms with van der Waals surface area (Å²) in [6.07, 6.45) is 1.41. The molecule has 0 N–H and O–H groups in total. The number of rotatable bonds is 4. The number of hydrogen-bond acceptors (Lipinski definition) is 6. The summed E-state index contributed by atoms with van der Waals surface area (Å²) in [6.45, 7) is 4.36. The quantitative estimate of drug-likeness (QED) is 0.382. The molecule has 8 heteroatoms. The molecule has 4 rings (SSSR count). The average molecular weight is 395 g/mol. The molecule has 142 valence electrons. The van der Waals surface area contributed by atoms with Crippen molar-refractivity contribution in [1.82, 2.24) is 14.8 Å². The van der Waals surface area contributed by atoms with Crippen LogP contribution in [0.4, 0.5) is 0 Å². The third kappa shape index (κ3) is 2.91. The summed E-state index contributed by atoms with van der Waals surface area (Å²) < 4.78 is 11.4. The van der Waals surface area contributed by atoms with Gasteiger partial charge in [0.05, 0.1) is 0 Å². The molecule has 3 heterocycles. The molecule has 2 aromatic heterocycles. The summed E-state index contributed by atoms with van der Waals surface area (Å²) in [4.78, 5) is 32.5. The number of amides is 2. The third-order valence-corrected chi connectivity index (χ3v) is 4.90. The Morgan fingerprint density at radius 3 is 2.25 bits per heavy atom. The van der Waals surface area contributed by atoms with Crippen molar-refractivity contribution in [3.63, 3.8) is 0 Å². The SMILES string of the molecule is CCN1C(=O)C(=Cc2cc3oc(-c4ccccc4)nc3o2)C(=O)N(CC)C1=S. The molecular formula is C20H17N3O4S. The predicted molar refractivity (Wildman–Crippen MR) is 107 cm³/mol. The van der Waals surface area contributed by atoms with Gasteiger partial charge in [0.25, 0.3) is 17.5 Å². The molecule has 1 aromatic carbocycles. The number of likely N-dealkylation sites (N-methyl/N-ethyl adjacent to an activating group) is 2. The van der Waals surface area contributed by atoms with Crippen LogP contribution in [0.1, 0.15) is 19.6 Å². The van der Waals surface area contributed by atoms with E-state index in [0.29, 0.717) is 36.0 Å². The summed E-state index contributed by atoms with van der Waals surface area (Å²) in [5.41, 5.74) is 1.57. The summed E-state index contributed by atoms with van der Waals surface area (Å²) in [6, 6.07) is 11.1. The molecule has 0 bridgehead atoms. The Hall–Kier alpha value is -3.26. The summed E-state index contributed by atoms with van der Waals surface area (Å²) in [5.74, 6) is -0.114. The van der Waals surface area contributed by atoms with Crippen LogP contribution in [0.15, 0.2) is 50.8 Å². The van der Waals surface area contributed by atoms with Gasteiger partial charge in [-0.2, -0.15) is 4.98 Å². The third-order valence-electron chi connectivity index (χ3n) is 4.46. The van der Waals surface area contributed by atoms with Crippen LogP contribution in [0.5, 0.6) is 0 Å². The molecular weight excluding hydrogens is 378 g/mol. The Labute approximate surface area is 166 Å². The maximum Gasteiger partial charge on any atom is 0.266 e. The van der Waals surface area contributed by atoms with Crippen LogP contribution in [0.3, 0.4) is 0 Å². The number of carbonyl (C=O) groups excluding carboxylic acids is 2. The van der Waals surface area contributed by atoms with E-state index >= 15 is 0 Å². The zero-order valence-electron chi connectivity index (χ0n) is 15.3. The van der Waals surface area contributed by atoms with Crippen LogP contribution in [-0.4, -0.2) is 44.8 Å². The van der Waals surface area contributed by atoms with Gasteiger partial charge in [-0.05, 0) is 44.3 Å². The highest BCUT2D eigenvalue weighted by Crippen LogP contribution is 2.28. The predicted octanol–water partition coefficient (Wildman–Crippen LogP) is 3.47. The van der Waals surface area contributed by atoms with E-state index in [1.807, 2.05) is 30.3 Å². The number of furan rings is 1. The number of benzene rings is 1. The molecule has 0 aliphatic carbocycles. The van der Waals surface area contributed by atoms with Crippen LogP contribution < -0.4 is 0 Å². The lowest BCUT2D eigenvalue weighted by Crippen LogP contribution is -2.55. The van der Waals surface area contributed by atoms with Crippen molar-refractivity contribution in [2.75, 3.05) is 13.1 Å². The first-order valence-corrected chi connectivity index (χ1v) is 9.29. The standard InChI is InChI=1S/C20H17N3O4S/c1-3-22-18(24)14(19(25)23(4-2)20(22)28)10-13-11-15-17(26-13)21-16(27-15)12-8-6-5-7-9-12/h5-11H,3-4H2,1-2H3. The van der Waals surface area contributed by atoms with Crippen molar-refractivity contribution < 1.29 is 18.4 Å². The lowest BCUT2D eigenvalue weighted by molar-refractivity contribution is -0.133. The first kappa shape index (κ1) is 18.1. The summed E-state index contributed by atoms with van der Waals surface area (Å²) >= 11 is 5.25. The van der Waals surface area contributed by atoms with E-state index in [-0.39, 0.29) is 10.7 Å². The fourth-order valence-electron chi connectivity index (χ4n) is 3.05. The molecule has 0 unspecified atom stereocenters. The molecule has 2 amide bonds. The molecule has 1 fully saturated rings. The first-order valence-electron chi connectivity index (χ1n) is 8.88. The van der Waals surface area contributed by atoms with Gasteiger partial charge in [-0.3, -0.25) is 19.4 Å². The van der Waals surface area contributed by atoms with E-state index in [1.165, 1.54) is 15.9 Å². The van der Waals surface area contributed by atoms with Crippen molar-refractivity contribution in [2.24, 2.45) is 0 Å². The molecule has 0 saturated carbocycles. The van der Waals surface area contributed by atoms with Gasteiger partial charge in [0, 0.05) is 24.7 Å². The molecule has 7 nitrogen and oxygen atoms in total. The van der Waals surface area contributed by atoms with Crippen molar-refractivity contribution in [3.05, 3.63) is 47.7 Å². The number of aromatic nitrogens is 1. The minimum absolute atomic E-state index is 0.00279. The van der Waals surface area contributed by atoms with Gasteiger partial charge < -0.3 is 8.83 Å². The smallest absolute Gasteiger partial charge is 0.266 e. The van der Waals surface area contributed by atoms with Crippen molar-refractivity contribution in [1.29, 1.82) is 0 Å². The van der Waals surface area contributed by atoms with Crippen molar-refractivity contribution >= 4 is 46.5 Å². The Morgan fingerprint density at radius 1 is 1.04 bits per heavy atom. The van der Waals surface area contributed by atoms with E-state index in [4.69, 9.17) is 21.1 Å². The summed E-state index contributed by atoms with van der Waals surface area (Å²) in [7, 11) is 0. The van der Waals surface area contributed by atoms with Gasteiger partial charge >= 0.3 is 0 Å². The lowest BCUT2D eigenvalue weighted by atomic mass is 10.1. The zero-order chi connectivity index (χ0) is 19.8. The molecule has 3 aromatic rings. The molecule has 0 atom stereocenters. The number of hydrogen-bond donors (Lipinski definition) is 0. The molecule has 1 aliphatic heterocycles. The topological polar surface area (TPSA) is 79.8 Å². The average Bonchev–Trinajstić information content (AvgIpc) is 3.25. The van der Waals surface area contributed by atoms with Gasteiger partial charge in [-0.1, -0.05) is 18.2 Å². The van der Waals surface area contributed by atoms with Gasteiger partial charge in [0.15, 0.2) is 10.7 Å². The number of nitrogens with zero attached hydrogens (tertiary/aromatic N) is 3. The second-order valence-corrected chi connectivity index (χ2v) is 6.51. The molecule has 28 heavy (non-hydrogen) atoms. The van der Waals surface area contributed by atoms with Crippen molar-refractivity contribution in [3.8, 4) is 11.5 Å².